The smallest absolute Gasteiger partial charge is 0.167 e. The van der Waals surface area contributed by atoms with E-state index < -0.39 is 6.10 Å². The first kappa shape index (κ1) is 12.4. The van der Waals surface area contributed by atoms with Gasteiger partial charge in [0.1, 0.15) is 0 Å². The highest BCUT2D eigenvalue weighted by Crippen LogP contribution is 1.91. The van der Waals surface area contributed by atoms with E-state index in [2.05, 4.69) is 0 Å². The number of nitriles is 1. The predicted molar refractivity (Wildman–Crippen MR) is 48.3 cm³/mol. The van der Waals surface area contributed by atoms with Crippen molar-refractivity contribution < 1.29 is 14.2 Å². The molecule has 0 aliphatic heterocycles. The Morgan fingerprint density at radius 1 is 1.15 bits per heavy atom. The van der Waals surface area contributed by atoms with Crippen LogP contribution < -0.4 is 0 Å². The van der Waals surface area contributed by atoms with Crippen LogP contribution in [0.25, 0.3) is 0 Å². The van der Waals surface area contributed by atoms with Crippen molar-refractivity contribution in [1.29, 1.82) is 5.26 Å². The lowest BCUT2D eigenvalue weighted by molar-refractivity contribution is -0.00438. The van der Waals surface area contributed by atoms with Crippen LogP contribution in [0.4, 0.5) is 0 Å². The summed E-state index contributed by atoms with van der Waals surface area (Å²) in [4.78, 5) is 0. The van der Waals surface area contributed by atoms with Gasteiger partial charge in [-0.1, -0.05) is 0 Å². The molecule has 0 saturated carbocycles. The van der Waals surface area contributed by atoms with Gasteiger partial charge in [-0.2, -0.15) is 5.26 Å². The normalized spacial score (nSPS) is 12.4. The summed E-state index contributed by atoms with van der Waals surface area (Å²) in [6, 6.07) is 2.01. The standard InChI is InChI=1S/C9H17NO3/c1-3-11-5-6-12-8-9(7-10)13-4-2/h9H,3-6,8H2,1-2H3. The van der Waals surface area contributed by atoms with Crippen LogP contribution in [0.3, 0.4) is 0 Å². The maximum atomic E-state index is 8.57. The first-order valence-electron chi connectivity index (χ1n) is 4.51. The van der Waals surface area contributed by atoms with Crippen LogP contribution in [-0.2, 0) is 14.2 Å². The zero-order valence-electron chi connectivity index (χ0n) is 8.28. The molecular formula is C9H17NO3. The van der Waals surface area contributed by atoms with Crippen molar-refractivity contribution in [2.24, 2.45) is 0 Å². The van der Waals surface area contributed by atoms with Crippen molar-refractivity contribution in [2.45, 2.75) is 20.0 Å². The molecule has 76 valence electrons. The Bertz CT molecular complexity index is 144. The summed E-state index contributed by atoms with van der Waals surface area (Å²) in [6.45, 7) is 6.41. The SMILES string of the molecule is CCOCCOCC(C#N)OCC. The van der Waals surface area contributed by atoms with E-state index in [4.69, 9.17) is 19.5 Å². The van der Waals surface area contributed by atoms with Crippen LogP contribution in [0.15, 0.2) is 0 Å². The first-order valence-corrected chi connectivity index (χ1v) is 4.51. The third-order valence-electron chi connectivity index (χ3n) is 1.36. The Labute approximate surface area is 79.4 Å². The molecule has 1 unspecified atom stereocenters. The second-order valence-corrected chi connectivity index (χ2v) is 2.34. The molecule has 4 nitrogen and oxygen atoms in total. The molecule has 0 N–H and O–H groups in total. The van der Waals surface area contributed by atoms with Crippen molar-refractivity contribution in [3.8, 4) is 6.07 Å². The van der Waals surface area contributed by atoms with Gasteiger partial charge in [0.2, 0.25) is 0 Å². The maximum Gasteiger partial charge on any atom is 0.167 e. The summed E-state index contributed by atoms with van der Waals surface area (Å²) >= 11 is 0. The third kappa shape index (κ3) is 7.72. The number of rotatable bonds is 8. The average Bonchev–Trinajstić information content (AvgIpc) is 2.16. The summed E-state index contributed by atoms with van der Waals surface area (Å²) in [5.74, 6) is 0. The lowest BCUT2D eigenvalue weighted by Crippen LogP contribution is -2.19. The molecule has 0 aromatic carbocycles. The Kier molecular flexibility index (Phi) is 9.00. The van der Waals surface area contributed by atoms with Crippen molar-refractivity contribution in [1.82, 2.24) is 0 Å². The molecule has 0 amide bonds. The fourth-order valence-electron chi connectivity index (χ4n) is 0.776. The molecule has 13 heavy (non-hydrogen) atoms. The monoisotopic (exact) mass is 187 g/mol. The first-order chi connectivity index (χ1) is 6.35. The van der Waals surface area contributed by atoms with Crippen LogP contribution in [0.5, 0.6) is 0 Å². The van der Waals surface area contributed by atoms with E-state index in [1.54, 1.807) is 0 Å². The Hall–Kier alpha value is -0.630. The van der Waals surface area contributed by atoms with Crippen LogP contribution in [0.1, 0.15) is 13.8 Å². The van der Waals surface area contributed by atoms with Gasteiger partial charge in [-0.3, -0.25) is 0 Å². The Balaban J connectivity index is 3.24. The predicted octanol–water partition coefficient (Wildman–Crippen LogP) is 0.968. The lowest BCUT2D eigenvalue weighted by Gasteiger charge is -2.09. The van der Waals surface area contributed by atoms with E-state index in [1.807, 2.05) is 19.9 Å². The van der Waals surface area contributed by atoms with Gasteiger partial charge in [-0.25, -0.2) is 0 Å². The summed E-state index contributed by atoms with van der Waals surface area (Å²) in [6.07, 6.45) is -0.452. The van der Waals surface area contributed by atoms with Gasteiger partial charge in [-0.05, 0) is 13.8 Å². The quantitative estimate of drug-likeness (QED) is 0.531. The van der Waals surface area contributed by atoms with Crippen LogP contribution in [0, 0.1) is 11.3 Å². The number of hydrogen-bond acceptors (Lipinski definition) is 4. The van der Waals surface area contributed by atoms with Crippen LogP contribution in [-0.4, -0.2) is 39.1 Å². The molecule has 0 fully saturated rings. The second kappa shape index (κ2) is 9.46. The van der Waals surface area contributed by atoms with Crippen molar-refractivity contribution >= 4 is 0 Å². The highest BCUT2D eigenvalue weighted by atomic mass is 16.5. The van der Waals surface area contributed by atoms with E-state index in [9.17, 15) is 0 Å². The molecule has 0 heterocycles. The van der Waals surface area contributed by atoms with E-state index in [0.29, 0.717) is 33.0 Å². The van der Waals surface area contributed by atoms with Gasteiger partial charge in [0, 0.05) is 13.2 Å². The molecule has 0 saturated heterocycles. The lowest BCUT2D eigenvalue weighted by atomic mass is 10.4. The van der Waals surface area contributed by atoms with Gasteiger partial charge >= 0.3 is 0 Å². The number of nitrogens with zero attached hydrogens (tertiary/aromatic N) is 1. The topological polar surface area (TPSA) is 51.5 Å². The number of ether oxygens (including phenoxy) is 3. The minimum atomic E-state index is -0.452. The summed E-state index contributed by atoms with van der Waals surface area (Å²) < 4.78 is 15.3. The van der Waals surface area contributed by atoms with Crippen LogP contribution in [0.2, 0.25) is 0 Å². The third-order valence-corrected chi connectivity index (χ3v) is 1.36. The minimum absolute atomic E-state index is 0.317. The van der Waals surface area contributed by atoms with Crippen molar-refractivity contribution in [3.63, 3.8) is 0 Å². The van der Waals surface area contributed by atoms with Gasteiger partial charge in [0.15, 0.2) is 6.10 Å². The van der Waals surface area contributed by atoms with Crippen molar-refractivity contribution in [2.75, 3.05) is 33.0 Å². The molecule has 0 rings (SSSR count). The second-order valence-electron chi connectivity index (χ2n) is 2.34. The summed E-state index contributed by atoms with van der Waals surface area (Å²) in [5, 5.41) is 8.57. The molecular weight excluding hydrogens is 170 g/mol. The summed E-state index contributed by atoms with van der Waals surface area (Å²) in [7, 11) is 0. The van der Waals surface area contributed by atoms with Gasteiger partial charge in [0.25, 0.3) is 0 Å². The molecule has 4 heteroatoms. The fourth-order valence-corrected chi connectivity index (χ4v) is 0.776. The zero-order chi connectivity index (χ0) is 9.94. The molecule has 0 bridgehead atoms. The Morgan fingerprint density at radius 3 is 2.38 bits per heavy atom. The minimum Gasteiger partial charge on any atom is -0.379 e. The highest BCUT2D eigenvalue weighted by Gasteiger charge is 2.05. The molecule has 0 aromatic rings. The van der Waals surface area contributed by atoms with Gasteiger partial charge < -0.3 is 14.2 Å². The highest BCUT2D eigenvalue weighted by molar-refractivity contribution is 4.83. The molecule has 0 aliphatic rings. The van der Waals surface area contributed by atoms with E-state index in [0.717, 1.165) is 0 Å². The van der Waals surface area contributed by atoms with Gasteiger partial charge in [0.05, 0.1) is 25.9 Å². The van der Waals surface area contributed by atoms with Gasteiger partial charge in [-0.15, -0.1) is 0 Å². The number of hydrogen-bond donors (Lipinski definition) is 0. The molecule has 0 radical (unpaired) electrons. The summed E-state index contributed by atoms with van der Waals surface area (Å²) in [5.41, 5.74) is 0. The van der Waals surface area contributed by atoms with E-state index in [1.165, 1.54) is 0 Å². The largest absolute Gasteiger partial charge is 0.379 e. The van der Waals surface area contributed by atoms with E-state index in [-0.39, 0.29) is 0 Å². The maximum absolute atomic E-state index is 8.57. The molecule has 1 atom stereocenters. The average molecular weight is 187 g/mol. The van der Waals surface area contributed by atoms with Crippen LogP contribution >= 0.6 is 0 Å². The van der Waals surface area contributed by atoms with Crippen molar-refractivity contribution in [3.05, 3.63) is 0 Å². The van der Waals surface area contributed by atoms with E-state index >= 15 is 0 Å². The molecule has 0 aromatic heterocycles. The fraction of sp³-hybridized carbons (Fsp3) is 0.889. The zero-order valence-corrected chi connectivity index (χ0v) is 8.28. The molecule has 0 aliphatic carbocycles. The molecule has 0 spiro atoms. The Morgan fingerprint density at radius 2 is 1.85 bits per heavy atom.